The minimum Gasteiger partial charge on any atom is -0.348 e. The summed E-state index contributed by atoms with van der Waals surface area (Å²) in [5.74, 6) is 5.83. The van der Waals surface area contributed by atoms with E-state index in [0.29, 0.717) is 16.7 Å². The zero-order valence-corrected chi connectivity index (χ0v) is 16.6. The van der Waals surface area contributed by atoms with Gasteiger partial charge in [-0.05, 0) is 55.3 Å². The summed E-state index contributed by atoms with van der Waals surface area (Å²) in [4.78, 5) is 29.9. The van der Waals surface area contributed by atoms with Gasteiger partial charge in [0.1, 0.15) is 0 Å². The number of carbonyl (C=O) groups excluding carboxylic acids is 1. The van der Waals surface area contributed by atoms with Crippen LogP contribution in [0, 0.1) is 11.8 Å². The first-order valence-corrected chi connectivity index (χ1v) is 10.1. The summed E-state index contributed by atoms with van der Waals surface area (Å²) in [5.41, 5.74) is 2.22. The van der Waals surface area contributed by atoms with Crippen LogP contribution >= 0.6 is 0 Å². The Balaban J connectivity index is 1.61. The number of hydrogen-bond donors (Lipinski definition) is 1. The number of aromatic nitrogens is 3. The smallest absolute Gasteiger partial charge is 0.276 e. The Kier molecular flexibility index (Phi) is 4.77. The SMILES string of the molecule is O=C(NC1CC1)c1nn(-c2cccc(C#Cc3ccccc3)c2)c2ncccc2c1=O. The highest BCUT2D eigenvalue weighted by molar-refractivity contribution is 5.95. The highest BCUT2D eigenvalue weighted by atomic mass is 16.2. The molecule has 0 radical (unpaired) electrons. The van der Waals surface area contributed by atoms with Gasteiger partial charge in [-0.3, -0.25) is 9.59 Å². The van der Waals surface area contributed by atoms with Crippen molar-refractivity contribution >= 4 is 16.9 Å². The minimum absolute atomic E-state index is 0.128. The maximum atomic E-state index is 12.9. The first kappa shape index (κ1) is 18.8. The van der Waals surface area contributed by atoms with Crippen molar-refractivity contribution in [2.45, 2.75) is 18.9 Å². The molecule has 1 saturated carbocycles. The molecule has 0 aliphatic heterocycles. The second-order valence-electron chi connectivity index (χ2n) is 7.38. The molecule has 1 aliphatic rings. The molecule has 2 aromatic carbocycles. The van der Waals surface area contributed by atoms with Gasteiger partial charge in [-0.1, -0.05) is 36.1 Å². The molecule has 5 rings (SSSR count). The van der Waals surface area contributed by atoms with Crippen LogP contribution < -0.4 is 10.7 Å². The van der Waals surface area contributed by atoms with E-state index in [2.05, 4.69) is 27.2 Å². The topological polar surface area (TPSA) is 76.9 Å². The summed E-state index contributed by atoms with van der Waals surface area (Å²) in [6, 6.07) is 20.7. The molecule has 0 saturated heterocycles. The van der Waals surface area contributed by atoms with Crippen LogP contribution in [0.3, 0.4) is 0 Å². The van der Waals surface area contributed by atoms with Crippen molar-refractivity contribution < 1.29 is 4.79 Å². The highest BCUT2D eigenvalue weighted by Crippen LogP contribution is 2.19. The summed E-state index contributed by atoms with van der Waals surface area (Å²) >= 11 is 0. The molecule has 1 fully saturated rings. The average molecular weight is 406 g/mol. The lowest BCUT2D eigenvalue weighted by molar-refractivity contribution is 0.0943. The molecule has 0 unspecified atom stereocenters. The lowest BCUT2D eigenvalue weighted by Crippen LogP contribution is -2.33. The summed E-state index contributed by atoms with van der Waals surface area (Å²) in [6.45, 7) is 0. The van der Waals surface area contributed by atoms with Crippen LogP contribution in [-0.4, -0.2) is 26.7 Å². The van der Waals surface area contributed by atoms with Crippen molar-refractivity contribution in [3.8, 4) is 17.5 Å². The van der Waals surface area contributed by atoms with E-state index in [1.165, 1.54) is 4.68 Å². The minimum atomic E-state index is -0.452. The second kappa shape index (κ2) is 7.88. The van der Waals surface area contributed by atoms with E-state index in [9.17, 15) is 9.59 Å². The van der Waals surface area contributed by atoms with Crippen molar-refractivity contribution in [2.75, 3.05) is 0 Å². The summed E-state index contributed by atoms with van der Waals surface area (Å²) in [6.07, 6.45) is 3.46. The molecule has 1 amide bonds. The fourth-order valence-corrected chi connectivity index (χ4v) is 3.25. The van der Waals surface area contributed by atoms with E-state index in [1.807, 2.05) is 54.6 Å². The number of amides is 1. The summed E-state index contributed by atoms with van der Waals surface area (Å²) in [5, 5.41) is 7.59. The van der Waals surface area contributed by atoms with Crippen molar-refractivity contribution in [2.24, 2.45) is 0 Å². The molecule has 1 N–H and O–H groups in total. The molecule has 0 spiro atoms. The summed E-state index contributed by atoms with van der Waals surface area (Å²) in [7, 11) is 0. The van der Waals surface area contributed by atoms with Gasteiger partial charge in [-0.2, -0.15) is 5.10 Å². The predicted octanol–water partition coefficient (Wildman–Crippen LogP) is 3.07. The number of carbonyl (C=O) groups is 1. The molecular weight excluding hydrogens is 388 g/mol. The fourth-order valence-electron chi connectivity index (χ4n) is 3.25. The van der Waals surface area contributed by atoms with Crippen LogP contribution in [0.5, 0.6) is 0 Å². The van der Waals surface area contributed by atoms with Crippen molar-refractivity contribution in [3.63, 3.8) is 0 Å². The third-order valence-corrected chi connectivity index (χ3v) is 4.99. The average Bonchev–Trinajstić information content (AvgIpc) is 3.63. The Morgan fingerprint density at radius 1 is 0.968 bits per heavy atom. The molecular formula is C25H18N4O2. The Morgan fingerprint density at radius 3 is 2.55 bits per heavy atom. The second-order valence-corrected chi connectivity index (χ2v) is 7.38. The number of pyridine rings is 1. The summed E-state index contributed by atoms with van der Waals surface area (Å²) < 4.78 is 1.53. The van der Waals surface area contributed by atoms with Crippen LogP contribution in [0.25, 0.3) is 16.7 Å². The van der Waals surface area contributed by atoms with Gasteiger partial charge in [0.15, 0.2) is 11.3 Å². The largest absolute Gasteiger partial charge is 0.348 e. The Labute approximate surface area is 178 Å². The number of hydrogen-bond acceptors (Lipinski definition) is 4. The van der Waals surface area contributed by atoms with Crippen molar-refractivity contribution in [1.82, 2.24) is 20.1 Å². The quantitative estimate of drug-likeness (QED) is 0.531. The van der Waals surface area contributed by atoms with Crippen LogP contribution in [0.4, 0.5) is 0 Å². The Bertz CT molecular complexity index is 1410. The molecule has 31 heavy (non-hydrogen) atoms. The molecule has 6 nitrogen and oxygen atoms in total. The maximum Gasteiger partial charge on any atom is 0.276 e. The number of nitrogens with one attached hydrogen (secondary N) is 1. The van der Waals surface area contributed by atoms with Crippen molar-refractivity contribution in [1.29, 1.82) is 0 Å². The first-order valence-electron chi connectivity index (χ1n) is 10.1. The highest BCUT2D eigenvalue weighted by Gasteiger charge is 2.27. The van der Waals surface area contributed by atoms with Gasteiger partial charge in [-0.15, -0.1) is 0 Å². The molecule has 4 aromatic rings. The fraction of sp³-hybridized carbons (Fsp3) is 0.120. The Morgan fingerprint density at radius 2 is 1.74 bits per heavy atom. The van der Waals surface area contributed by atoms with E-state index in [4.69, 9.17) is 0 Å². The molecule has 0 atom stereocenters. The predicted molar refractivity (Wildman–Crippen MR) is 118 cm³/mol. The van der Waals surface area contributed by atoms with Gasteiger partial charge in [0.05, 0.1) is 11.1 Å². The van der Waals surface area contributed by atoms with E-state index < -0.39 is 11.3 Å². The monoisotopic (exact) mass is 406 g/mol. The molecule has 2 aromatic heterocycles. The third kappa shape index (κ3) is 3.94. The number of benzene rings is 2. The number of rotatable bonds is 3. The molecule has 0 bridgehead atoms. The lowest BCUT2D eigenvalue weighted by Gasteiger charge is -2.11. The molecule has 150 valence electrons. The van der Waals surface area contributed by atoms with Crippen LogP contribution in [0.1, 0.15) is 34.5 Å². The van der Waals surface area contributed by atoms with E-state index in [0.717, 1.165) is 24.0 Å². The standard InChI is InChI=1S/C25H18N4O2/c30-23-21-10-5-15-26-24(21)29(28-22(23)25(31)27-19-13-14-19)20-9-4-8-18(16-20)12-11-17-6-2-1-3-7-17/h1-10,15-16,19H,13-14H2,(H,27,31). The number of nitrogens with zero attached hydrogens (tertiary/aromatic N) is 3. The zero-order chi connectivity index (χ0) is 21.2. The van der Waals surface area contributed by atoms with Crippen LogP contribution in [0.15, 0.2) is 77.7 Å². The van der Waals surface area contributed by atoms with Gasteiger partial charge in [-0.25, -0.2) is 9.67 Å². The van der Waals surface area contributed by atoms with E-state index in [-0.39, 0.29) is 11.7 Å². The Hall–Kier alpha value is -4.24. The molecule has 1 aliphatic carbocycles. The van der Waals surface area contributed by atoms with Crippen LogP contribution in [0.2, 0.25) is 0 Å². The molecule has 2 heterocycles. The van der Waals surface area contributed by atoms with Crippen molar-refractivity contribution in [3.05, 3.63) is 100.0 Å². The number of fused-ring (bicyclic) bond motifs is 1. The van der Waals surface area contributed by atoms with Crippen LogP contribution in [-0.2, 0) is 0 Å². The third-order valence-electron chi connectivity index (χ3n) is 4.99. The normalized spacial score (nSPS) is 12.8. The lowest BCUT2D eigenvalue weighted by atomic mass is 10.1. The van der Waals surface area contributed by atoms with E-state index in [1.54, 1.807) is 18.3 Å². The zero-order valence-electron chi connectivity index (χ0n) is 16.6. The van der Waals surface area contributed by atoms with Gasteiger partial charge in [0.25, 0.3) is 5.91 Å². The van der Waals surface area contributed by atoms with Gasteiger partial charge < -0.3 is 5.32 Å². The van der Waals surface area contributed by atoms with E-state index >= 15 is 0 Å². The van der Waals surface area contributed by atoms with Gasteiger partial charge in [0.2, 0.25) is 5.43 Å². The van der Waals surface area contributed by atoms with Gasteiger partial charge in [0, 0.05) is 23.4 Å². The molecule has 6 heteroatoms. The van der Waals surface area contributed by atoms with Gasteiger partial charge >= 0.3 is 0 Å². The first-order chi connectivity index (χ1) is 15.2. The maximum absolute atomic E-state index is 12.9.